The van der Waals surface area contributed by atoms with Crippen LogP contribution in [0.3, 0.4) is 0 Å². The molecule has 0 aliphatic carbocycles. The maximum atomic E-state index is 14.6. The predicted molar refractivity (Wildman–Crippen MR) is 138 cm³/mol. The number of ether oxygens (including phenoxy) is 1. The van der Waals surface area contributed by atoms with Crippen LogP contribution in [0.2, 0.25) is 5.02 Å². The number of aromatic nitrogens is 8. The van der Waals surface area contributed by atoms with Gasteiger partial charge in [0, 0.05) is 49.7 Å². The lowest BCUT2D eigenvalue weighted by atomic mass is 9.91. The van der Waals surface area contributed by atoms with Crippen molar-refractivity contribution in [3.63, 3.8) is 0 Å². The number of nitrogens with zero attached hydrogens (tertiary/aromatic N) is 8. The number of hydrogen-bond donors (Lipinski definition) is 2. The van der Waals surface area contributed by atoms with Crippen molar-refractivity contribution < 1.29 is 9.13 Å². The molecule has 5 aromatic heterocycles. The summed E-state index contributed by atoms with van der Waals surface area (Å²) in [6.07, 6.45) is 7.15. The van der Waals surface area contributed by atoms with E-state index in [1.807, 2.05) is 13.1 Å². The zero-order valence-electron chi connectivity index (χ0n) is 20.8. The zero-order valence-corrected chi connectivity index (χ0v) is 21.5. The third kappa shape index (κ3) is 4.05. The smallest absolute Gasteiger partial charge is 0.210 e. The van der Waals surface area contributed by atoms with E-state index >= 15 is 0 Å². The summed E-state index contributed by atoms with van der Waals surface area (Å²) in [6, 6.07) is 1.57. The molecular weight excluding hydrogens is 499 g/mol. The fourth-order valence-electron chi connectivity index (χ4n) is 4.56. The minimum atomic E-state index is -1.00. The van der Waals surface area contributed by atoms with Crippen molar-refractivity contribution in [3.8, 4) is 11.5 Å². The quantitative estimate of drug-likeness (QED) is 0.352. The molecule has 6 rings (SSSR count). The first-order valence-electron chi connectivity index (χ1n) is 11.9. The third-order valence-corrected chi connectivity index (χ3v) is 6.85. The first kappa shape index (κ1) is 23.6. The molecular formula is C24H26ClFN10O. The molecule has 11 nitrogen and oxygen atoms in total. The Kier molecular flexibility index (Phi) is 5.53. The Hall–Kier alpha value is -3.77. The molecule has 0 aromatic carbocycles. The first-order valence-corrected chi connectivity index (χ1v) is 12.3. The van der Waals surface area contributed by atoms with E-state index in [1.54, 1.807) is 38.6 Å². The second-order valence-corrected chi connectivity index (χ2v) is 10.5. The van der Waals surface area contributed by atoms with Crippen LogP contribution in [-0.4, -0.2) is 58.2 Å². The average molecular weight is 525 g/mol. The van der Waals surface area contributed by atoms with Crippen LogP contribution < -0.4 is 15.4 Å². The summed E-state index contributed by atoms with van der Waals surface area (Å²) in [7, 11) is 1.83. The van der Waals surface area contributed by atoms with Crippen LogP contribution in [0.15, 0.2) is 37.1 Å². The molecule has 13 heteroatoms. The van der Waals surface area contributed by atoms with Gasteiger partial charge in [-0.1, -0.05) is 32.4 Å². The highest BCUT2D eigenvalue weighted by atomic mass is 35.5. The highest BCUT2D eigenvalue weighted by Crippen LogP contribution is 2.37. The zero-order chi connectivity index (χ0) is 25.9. The average Bonchev–Trinajstić information content (AvgIpc) is 3.63. The lowest BCUT2D eigenvalue weighted by Gasteiger charge is -2.24. The summed E-state index contributed by atoms with van der Waals surface area (Å²) in [5.74, 6) is 1.93. The van der Waals surface area contributed by atoms with Crippen molar-refractivity contribution >= 4 is 40.0 Å². The molecule has 0 radical (unpaired) electrons. The molecule has 1 saturated heterocycles. The number of nitrogens with one attached hydrogen (secondary N) is 2. The normalized spacial score (nSPS) is 18.2. The number of anilines is 2. The van der Waals surface area contributed by atoms with Gasteiger partial charge in [0.15, 0.2) is 23.0 Å². The van der Waals surface area contributed by atoms with Crippen LogP contribution >= 0.6 is 11.6 Å². The van der Waals surface area contributed by atoms with E-state index in [0.717, 1.165) is 5.69 Å². The van der Waals surface area contributed by atoms with Crippen molar-refractivity contribution in [1.82, 2.24) is 44.2 Å². The van der Waals surface area contributed by atoms with Crippen LogP contribution in [0, 0.1) is 0 Å². The maximum absolute atomic E-state index is 14.6. The number of imidazole rings is 1. The topological polar surface area (TPSA) is 112 Å². The summed E-state index contributed by atoms with van der Waals surface area (Å²) >= 11 is 6.76. The Morgan fingerprint density at radius 1 is 1.19 bits per heavy atom. The molecule has 5 aromatic rings. The second kappa shape index (κ2) is 8.67. The first-order chi connectivity index (χ1) is 17.7. The number of pyridine rings is 1. The third-order valence-electron chi connectivity index (χ3n) is 6.48. The number of fused-ring (bicyclic) bond motifs is 2. The van der Waals surface area contributed by atoms with Gasteiger partial charge in [0.1, 0.15) is 22.2 Å². The Morgan fingerprint density at radius 3 is 2.78 bits per heavy atom. The summed E-state index contributed by atoms with van der Waals surface area (Å²) in [4.78, 5) is 13.2. The van der Waals surface area contributed by atoms with Gasteiger partial charge in [-0.2, -0.15) is 15.2 Å². The Labute approximate surface area is 216 Å². The second-order valence-electron chi connectivity index (χ2n) is 10.1. The van der Waals surface area contributed by atoms with E-state index in [-0.39, 0.29) is 11.5 Å². The van der Waals surface area contributed by atoms with E-state index in [2.05, 4.69) is 51.5 Å². The van der Waals surface area contributed by atoms with Crippen LogP contribution in [0.5, 0.6) is 11.5 Å². The Morgan fingerprint density at radius 2 is 2.03 bits per heavy atom. The number of halogens is 2. The highest BCUT2D eigenvalue weighted by molar-refractivity contribution is 6.36. The molecule has 2 N–H and O–H groups in total. The molecule has 1 fully saturated rings. The summed E-state index contributed by atoms with van der Waals surface area (Å²) in [5, 5.41) is 15.7. The van der Waals surface area contributed by atoms with Gasteiger partial charge in [-0.3, -0.25) is 9.67 Å². The molecule has 37 heavy (non-hydrogen) atoms. The van der Waals surface area contributed by atoms with Gasteiger partial charge >= 0.3 is 0 Å². The summed E-state index contributed by atoms with van der Waals surface area (Å²) in [5.41, 5.74) is 2.44. The van der Waals surface area contributed by atoms with E-state index in [1.165, 1.54) is 6.20 Å². The Balaban J connectivity index is 1.34. The molecule has 0 bridgehead atoms. The van der Waals surface area contributed by atoms with E-state index in [9.17, 15) is 4.39 Å². The highest BCUT2D eigenvalue weighted by Gasteiger charge is 2.34. The van der Waals surface area contributed by atoms with Crippen molar-refractivity contribution in [3.05, 3.63) is 47.8 Å². The molecule has 0 amide bonds. The standard InChI is InChI=1S/C24H26ClFN10O/c1-24(2,3)18-7-19(33-36(18)14-9-28-8-13(14)26)31-23-32-22-21(34(23)4)20(25)17(11-29-22)37-16-12-30-35-6-5-27-10-15(16)35/h5-7,10-14,28H,8-9H2,1-4H3,(H,29,31,32,33)/t13-,14?/m1/s1. The lowest BCUT2D eigenvalue weighted by Crippen LogP contribution is -2.27. The van der Waals surface area contributed by atoms with Gasteiger partial charge in [-0.15, -0.1) is 0 Å². The number of alkyl halides is 1. The number of rotatable bonds is 5. The van der Waals surface area contributed by atoms with Gasteiger partial charge in [0.25, 0.3) is 0 Å². The maximum Gasteiger partial charge on any atom is 0.210 e. The van der Waals surface area contributed by atoms with Crippen LogP contribution in [-0.2, 0) is 12.5 Å². The Bertz CT molecular complexity index is 1620. The van der Waals surface area contributed by atoms with Crippen molar-refractivity contribution in [1.29, 1.82) is 0 Å². The molecule has 0 spiro atoms. The molecule has 0 saturated carbocycles. The minimum absolute atomic E-state index is 0.230. The molecule has 2 atom stereocenters. The predicted octanol–water partition coefficient (Wildman–Crippen LogP) is 4.18. The van der Waals surface area contributed by atoms with Gasteiger partial charge < -0.3 is 19.9 Å². The van der Waals surface area contributed by atoms with E-state index in [0.29, 0.717) is 58.1 Å². The fourth-order valence-corrected chi connectivity index (χ4v) is 4.86. The van der Waals surface area contributed by atoms with Crippen molar-refractivity contribution in [2.24, 2.45) is 7.05 Å². The van der Waals surface area contributed by atoms with Gasteiger partial charge in [0.2, 0.25) is 5.95 Å². The van der Waals surface area contributed by atoms with Crippen molar-refractivity contribution in [2.45, 2.75) is 38.4 Å². The molecule has 1 aliphatic heterocycles. The number of hydrogen-bond acceptors (Lipinski definition) is 8. The van der Waals surface area contributed by atoms with E-state index in [4.69, 9.17) is 21.4 Å². The van der Waals surface area contributed by atoms with Crippen LogP contribution in [0.1, 0.15) is 32.5 Å². The summed E-state index contributed by atoms with van der Waals surface area (Å²) in [6.45, 7) is 7.10. The molecule has 1 unspecified atom stereocenters. The summed E-state index contributed by atoms with van der Waals surface area (Å²) < 4.78 is 25.9. The number of aryl methyl sites for hydroxylation is 1. The van der Waals surface area contributed by atoms with Crippen LogP contribution in [0.25, 0.3) is 16.7 Å². The minimum Gasteiger partial charge on any atom is -0.450 e. The lowest BCUT2D eigenvalue weighted by molar-refractivity contribution is 0.260. The van der Waals surface area contributed by atoms with Gasteiger partial charge in [-0.05, 0) is 0 Å². The van der Waals surface area contributed by atoms with Crippen LogP contribution in [0.4, 0.5) is 16.2 Å². The van der Waals surface area contributed by atoms with Gasteiger partial charge in [-0.25, -0.2) is 13.9 Å². The molecule has 6 heterocycles. The van der Waals surface area contributed by atoms with E-state index < -0.39 is 6.17 Å². The largest absolute Gasteiger partial charge is 0.450 e. The fraction of sp³-hybridized carbons (Fsp3) is 0.375. The monoisotopic (exact) mass is 524 g/mol. The molecule has 1 aliphatic rings. The molecule has 192 valence electrons. The van der Waals surface area contributed by atoms with Gasteiger partial charge in [0.05, 0.1) is 24.6 Å². The SMILES string of the molecule is Cn1c(Nc2cc(C(C)(C)C)n(C3CNC[C@H]3F)n2)nc2ncc(Oc3cnn4ccncc34)c(Cl)c21. The van der Waals surface area contributed by atoms with Crippen molar-refractivity contribution in [2.75, 3.05) is 18.4 Å².